The summed E-state index contributed by atoms with van der Waals surface area (Å²) >= 11 is 5.52. The third-order valence-electron chi connectivity index (χ3n) is 10.0. The number of fused-ring (bicyclic) bond motifs is 1. The number of thioether (sulfide) groups is 1. The number of carbonyl (C=O) groups is 3. The van der Waals surface area contributed by atoms with Crippen molar-refractivity contribution in [1.29, 1.82) is 0 Å². The van der Waals surface area contributed by atoms with Gasteiger partial charge in [0.05, 0.1) is 35.8 Å². The van der Waals surface area contributed by atoms with Gasteiger partial charge < -0.3 is 24.5 Å². The lowest BCUT2D eigenvalue weighted by atomic mass is 9.70. The Kier molecular flexibility index (Phi) is 11.8. The molecule has 3 aliphatic rings. The molecule has 2 aromatic rings. The Balaban J connectivity index is 1.60. The highest BCUT2D eigenvalue weighted by atomic mass is 79.9. The van der Waals surface area contributed by atoms with Crippen LogP contribution in [0.3, 0.4) is 0 Å². The Hall–Kier alpha value is -3.08. The second-order valence-electron chi connectivity index (χ2n) is 13.0. The van der Waals surface area contributed by atoms with Gasteiger partial charge in [0.1, 0.15) is 11.8 Å². The van der Waals surface area contributed by atoms with Crippen LogP contribution in [0.4, 0.5) is 5.69 Å². The minimum absolute atomic E-state index is 0.0712. The van der Waals surface area contributed by atoms with Crippen LogP contribution in [-0.2, 0) is 20.8 Å². The summed E-state index contributed by atoms with van der Waals surface area (Å²) in [5, 5.41) is 10.7. The second-order valence-corrected chi connectivity index (χ2v) is 15.7. The van der Waals surface area contributed by atoms with Crippen molar-refractivity contribution in [2.75, 3.05) is 31.2 Å². The van der Waals surface area contributed by atoms with E-state index in [1.54, 1.807) is 33.7 Å². The molecular weight excluding hydrogens is 690 g/mol. The molecule has 2 bridgehead atoms. The van der Waals surface area contributed by atoms with E-state index < -0.39 is 28.7 Å². The van der Waals surface area contributed by atoms with E-state index in [9.17, 15) is 19.5 Å². The summed E-state index contributed by atoms with van der Waals surface area (Å²) in [6.45, 7) is 14.8. The quantitative estimate of drug-likeness (QED) is 0.171. The standard InChI is InChI=1S/C38H48BrN3O5S/c1-6-13-25(5)40(20-7-2)37(46)34-38-23-30(39)33(48-38)31(35(44)41(21-8-3)27-16-18-29(19-17-27)47-9-4)32(38)36(45)42(34)28(24-43)22-26-14-11-10-12-15-26/h7-8,10-12,14-19,25,28,30-34,43H,2-3,6,9,13,20-24H2,1,4-5H3/t25?,28-,30?,31+,32+,33+,34?,38?/m1/s1. The normalized spacial score (nSPS) is 26.9. The number of aliphatic hydroxyl groups is 1. The number of aliphatic hydroxyl groups excluding tert-OH is 1. The number of ether oxygens (including phenoxy) is 1. The molecule has 0 aromatic heterocycles. The zero-order valence-corrected chi connectivity index (χ0v) is 30.6. The highest BCUT2D eigenvalue weighted by molar-refractivity contribution is 9.09. The number of benzene rings is 2. The van der Waals surface area contributed by atoms with Gasteiger partial charge in [-0.15, -0.1) is 24.9 Å². The van der Waals surface area contributed by atoms with Crippen molar-refractivity contribution in [3.05, 3.63) is 85.5 Å². The molecule has 48 heavy (non-hydrogen) atoms. The average Bonchev–Trinajstić information content (AvgIpc) is 3.68. The van der Waals surface area contributed by atoms with Crippen molar-refractivity contribution in [3.8, 4) is 5.75 Å². The lowest BCUT2D eigenvalue weighted by Gasteiger charge is -2.41. The molecule has 0 saturated carbocycles. The number of hydrogen-bond acceptors (Lipinski definition) is 6. The second kappa shape index (κ2) is 15.6. The number of rotatable bonds is 16. The number of alkyl halides is 1. The van der Waals surface area contributed by atoms with Gasteiger partial charge in [-0.25, -0.2) is 0 Å². The molecule has 10 heteroatoms. The predicted octanol–water partition coefficient (Wildman–Crippen LogP) is 5.88. The highest BCUT2D eigenvalue weighted by Gasteiger charge is 2.76. The monoisotopic (exact) mass is 737 g/mol. The fourth-order valence-electron chi connectivity index (χ4n) is 8.04. The fraction of sp³-hybridized carbons (Fsp3) is 0.500. The molecule has 4 unspecified atom stereocenters. The van der Waals surface area contributed by atoms with Gasteiger partial charge in [0.2, 0.25) is 17.7 Å². The Morgan fingerprint density at radius 2 is 1.79 bits per heavy atom. The number of halogens is 1. The average molecular weight is 739 g/mol. The van der Waals surface area contributed by atoms with Gasteiger partial charge in [0.25, 0.3) is 0 Å². The molecule has 1 spiro atoms. The van der Waals surface area contributed by atoms with Gasteiger partial charge in [-0.1, -0.05) is 71.8 Å². The third kappa shape index (κ3) is 6.60. The highest BCUT2D eigenvalue weighted by Crippen LogP contribution is 2.68. The molecule has 0 radical (unpaired) electrons. The van der Waals surface area contributed by atoms with E-state index in [4.69, 9.17) is 4.74 Å². The minimum Gasteiger partial charge on any atom is -0.494 e. The minimum atomic E-state index is -0.846. The van der Waals surface area contributed by atoms with E-state index in [1.165, 1.54) is 0 Å². The third-order valence-corrected chi connectivity index (χ3v) is 13.3. The Morgan fingerprint density at radius 3 is 2.40 bits per heavy atom. The molecule has 3 aliphatic heterocycles. The van der Waals surface area contributed by atoms with Crippen LogP contribution < -0.4 is 9.64 Å². The van der Waals surface area contributed by atoms with Crippen LogP contribution in [0.25, 0.3) is 0 Å². The molecule has 1 N–H and O–H groups in total. The Morgan fingerprint density at radius 1 is 1.10 bits per heavy atom. The summed E-state index contributed by atoms with van der Waals surface area (Å²) in [4.78, 5) is 49.9. The fourth-order valence-corrected chi connectivity index (χ4v) is 11.6. The van der Waals surface area contributed by atoms with Crippen LogP contribution >= 0.6 is 27.7 Å². The smallest absolute Gasteiger partial charge is 0.247 e. The van der Waals surface area contributed by atoms with Crippen molar-refractivity contribution < 1.29 is 24.2 Å². The largest absolute Gasteiger partial charge is 0.494 e. The van der Waals surface area contributed by atoms with Crippen LogP contribution in [0.2, 0.25) is 0 Å². The van der Waals surface area contributed by atoms with Gasteiger partial charge in [-0.3, -0.25) is 14.4 Å². The number of anilines is 1. The van der Waals surface area contributed by atoms with Gasteiger partial charge >= 0.3 is 0 Å². The first-order chi connectivity index (χ1) is 23.2. The summed E-state index contributed by atoms with van der Waals surface area (Å²) in [6.07, 6.45) is 6.08. The zero-order chi connectivity index (χ0) is 34.6. The van der Waals surface area contributed by atoms with E-state index in [1.807, 2.05) is 73.3 Å². The van der Waals surface area contributed by atoms with Crippen LogP contribution in [0, 0.1) is 11.8 Å². The van der Waals surface area contributed by atoms with Crippen molar-refractivity contribution in [2.24, 2.45) is 11.8 Å². The Bertz CT molecular complexity index is 1470. The van der Waals surface area contributed by atoms with E-state index in [-0.39, 0.29) is 47.0 Å². The molecule has 8 nitrogen and oxygen atoms in total. The molecule has 0 aliphatic carbocycles. The van der Waals surface area contributed by atoms with E-state index >= 15 is 0 Å². The molecule has 3 amide bonds. The summed E-state index contributed by atoms with van der Waals surface area (Å²) < 4.78 is 4.78. The summed E-state index contributed by atoms with van der Waals surface area (Å²) in [6, 6.07) is 15.6. The molecule has 3 fully saturated rings. The molecule has 8 atom stereocenters. The van der Waals surface area contributed by atoms with Gasteiger partial charge in [0, 0.05) is 34.9 Å². The van der Waals surface area contributed by atoms with Gasteiger partial charge in [-0.05, 0) is 62.9 Å². The number of carbonyl (C=O) groups excluding carboxylic acids is 3. The van der Waals surface area contributed by atoms with E-state index in [0.29, 0.717) is 37.4 Å². The summed E-state index contributed by atoms with van der Waals surface area (Å²) in [5.41, 5.74) is 1.65. The first-order valence-electron chi connectivity index (χ1n) is 17.0. The molecule has 5 rings (SSSR count). The van der Waals surface area contributed by atoms with Crippen molar-refractivity contribution in [3.63, 3.8) is 0 Å². The van der Waals surface area contributed by atoms with E-state index in [2.05, 4.69) is 36.0 Å². The molecule has 3 saturated heterocycles. The zero-order valence-electron chi connectivity index (χ0n) is 28.2. The number of likely N-dealkylation sites (tertiary alicyclic amines) is 1. The van der Waals surface area contributed by atoms with Crippen molar-refractivity contribution in [2.45, 2.75) is 79.4 Å². The van der Waals surface area contributed by atoms with Crippen LogP contribution in [0.1, 0.15) is 45.6 Å². The van der Waals surface area contributed by atoms with E-state index in [0.717, 1.165) is 18.4 Å². The molecule has 3 heterocycles. The van der Waals surface area contributed by atoms with Gasteiger partial charge in [-0.2, -0.15) is 0 Å². The number of amides is 3. The first-order valence-corrected chi connectivity index (χ1v) is 18.8. The first kappa shape index (κ1) is 36.2. The van der Waals surface area contributed by atoms with Crippen LogP contribution in [-0.4, -0.2) is 91.9 Å². The maximum Gasteiger partial charge on any atom is 0.247 e. The topological polar surface area (TPSA) is 90.4 Å². The lowest BCUT2D eigenvalue weighted by Crippen LogP contribution is -2.59. The van der Waals surface area contributed by atoms with Crippen LogP contribution in [0.15, 0.2) is 79.9 Å². The van der Waals surface area contributed by atoms with Crippen molar-refractivity contribution >= 4 is 51.1 Å². The summed E-state index contributed by atoms with van der Waals surface area (Å²) in [7, 11) is 0. The lowest BCUT2D eigenvalue weighted by molar-refractivity contribution is -0.146. The maximum absolute atomic E-state index is 15.0. The van der Waals surface area contributed by atoms with Crippen LogP contribution in [0.5, 0.6) is 5.75 Å². The maximum atomic E-state index is 15.0. The predicted molar refractivity (Wildman–Crippen MR) is 197 cm³/mol. The number of hydrogen-bond donors (Lipinski definition) is 1. The Labute approximate surface area is 297 Å². The molecular formula is C38H48BrN3O5S. The van der Waals surface area contributed by atoms with Gasteiger partial charge in [0.15, 0.2) is 0 Å². The van der Waals surface area contributed by atoms with Crippen molar-refractivity contribution in [1.82, 2.24) is 9.80 Å². The SMILES string of the molecule is C=CCN(C(=O)[C@H]1[C@H]2C(=O)N([C@@H](CO)Cc3ccccc3)C(C(=O)N(CC=C)C(C)CCC)C23CC(Br)[C@@H]1S3)c1ccc(OCC)cc1. The number of nitrogens with zero attached hydrogens (tertiary/aromatic N) is 3. The molecule has 2 aromatic carbocycles. The summed E-state index contributed by atoms with van der Waals surface area (Å²) in [5.74, 6) is -1.24. The molecule has 258 valence electrons.